The van der Waals surface area contributed by atoms with Crippen LogP contribution in [-0.2, 0) is 22.6 Å². The van der Waals surface area contributed by atoms with Crippen molar-refractivity contribution in [2.24, 2.45) is 0 Å². The van der Waals surface area contributed by atoms with E-state index in [2.05, 4.69) is 10.4 Å². The Balaban J connectivity index is 1.97. The van der Waals surface area contributed by atoms with Gasteiger partial charge in [-0.1, -0.05) is 26.0 Å². The molecule has 0 saturated carbocycles. The molecular weight excluding hydrogens is 435 g/mol. The second-order valence-electron chi connectivity index (χ2n) is 7.21. The maximum Gasteiger partial charge on any atom is 0.435 e. The van der Waals surface area contributed by atoms with Crippen LogP contribution in [0, 0.1) is 0 Å². The van der Waals surface area contributed by atoms with Gasteiger partial charge in [-0.3, -0.25) is 4.68 Å². The predicted octanol–water partition coefficient (Wildman–Crippen LogP) is 4.70. The minimum Gasteiger partial charge on any atom is -0.313 e. The Kier molecular flexibility index (Phi) is 6.40. The quantitative estimate of drug-likeness (QED) is 0.559. The number of alkyl halides is 3. The number of aromatic nitrogens is 2. The summed E-state index contributed by atoms with van der Waals surface area (Å²) in [4.78, 5) is 1.58. The lowest BCUT2D eigenvalue weighted by Crippen LogP contribution is -2.27. The van der Waals surface area contributed by atoms with E-state index in [-0.39, 0.29) is 10.9 Å². The van der Waals surface area contributed by atoms with E-state index in [1.54, 1.807) is 30.3 Å². The molecule has 2 heterocycles. The minimum absolute atomic E-state index is 0.194. The van der Waals surface area contributed by atoms with Crippen molar-refractivity contribution in [1.82, 2.24) is 15.1 Å². The van der Waals surface area contributed by atoms with E-state index < -0.39 is 21.7 Å². The molecule has 0 amide bonds. The van der Waals surface area contributed by atoms with E-state index >= 15 is 0 Å². The highest BCUT2D eigenvalue weighted by atomic mass is 32.2. The van der Waals surface area contributed by atoms with Crippen LogP contribution in [-0.4, -0.2) is 37.0 Å². The maximum absolute atomic E-state index is 13.2. The number of hydrogen-bond acceptors (Lipinski definition) is 5. The van der Waals surface area contributed by atoms with Gasteiger partial charge < -0.3 is 5.32 Å². The second kappa shape index (κ2) is 8.52. The largest absolute Gasteiger partial charge is 0.435 e. The molecule has 0 atom stereocenters. The van der Waals surface area contributed by atoms with Crippen LogP contribution in [0.3, 0.4) is 0 Å². The lowest BCUT2D eigenvalue weighted by atomic mass is 10.2. The summed E-state index contributed by atoms with van der Waals surface area (Å²) < 4.78 is 64.7. The van der Waals surface area contributed by atoms with Gasteiger partial charge in [0.15, 0.2) is 15.5 Å². The highest BCUT2D eigenvalue weighted by molar-refractivity contribution is 7.90. The van der Waals surface area contributed by atoms with E-state index in [1.165, 1.54) is 22.1 Å². The van der Waals surface area contributed by atoms with Crippen LogP contribution in [0.2, 0.25) is 0 Å². The molecule has 0 radical (unpaired) electrons. The zero-order valence-corrected chi connectivity index (χ0v) is 18.3. The van der Waals surface area contributed by atoms with Crippen LogP contribution in [0.25, 0.3) is 21.0 Å². The molecule has 0 aliphatic rings. The summed E-state index contributed by atoms with van der Waals surface area (Å²) in [6.45, 7) is 4.70. The molecule has 0 fully saturated rings. The Labute approximate surface area is 177 Å². The van der Waals surface area contributed by atoms with Crippen molar-refractivity contribution in [2.75, 3.05) is 12.8 Å². The Bertz CT molecular complexity index is 1130. The fourth-order valence-electron chi connectivity index (χ4n) is 2.89. The molecule has 3 aromatic rings. The van der Waals surface area contributed by atoms with Crippen molar-refractivity contribution in [3.8, 4) is 21.0 Å². The van der Waals surface area contributed by atoms with Gasteiger partial charge in [0.05, 0.1) is 22.0 Å². The zero-order chi connectivity index (χ0) is 22.1. The first-order valence-electron chi connectivity index (χ1n) is 9.24. The highest BCUT2D eigenvalue weighted by Gasteiger charge is 2.35. The first-order chi connectivity index (χ1) is 13.9. The molecule has 0 spiro atoms. The Morgan fingerprint density at radius 3 is 2.47 bits per heavy atom. The molecule has 0 aliphatic carbocycles. The molecule has 3 rings (SSSR count). The molecule has 1 N–H and O–H groups in total. The molecule has 162 valence electrons. The first-order valence-corrected chi connectivity index (χ1v) is 11.9. The standard InChI is InChI=1S/C20H22F3N3O2S2/c1-13(2)24-9-10-26-16(12-19(25-26)20(21,22)23)18-8-7-17(29-18)14-5-4-6-15(11-14)30(3,27)28/h4-8,11-13,24H,9-10H2,1-3H3. The monoisotopic (exact) mass is 457 g/mol. The molecular formula is C20H22F3N3O2S2. The van der Waals surface area contributed by atoms with Crippen LogP contribution in [0.4, 0.5) is 13.2 Å². The minimum atomic E-state index is -4.53. The summed E-state index contributed by atoms with van der Waals surface area (Å²) in [7, 11) is -3.36. The van der Waals surface area contributed by atoms with Crippen LogP contribution >= 0.6 is 11.3 Å². The number of rotatable bonds is 7. The SMILES string of the molecule is CC(C)NCCn1nc(C(F)(F)F)cc1-c1ccc(-c2cccc(S(C)(=O)=O)c2)s1. The van der Waals surface area contributed by atoms with Crippen LogP contribution in [0.5, 0.6) is 0 Å². The lowest BCUT2D eigenvalue weighted by Gasteiger charge is -2.10. The number of nitrogens with zero attached hydrogens (tertiary/aromatic N) is 2. The number of benzene rings is 1. The van der Waals surface area contributed by atoms with E-state index in [4.69, 9.17) is 0 Å². The van der Waals surface area contributed by atoms with Gasteiger partial charge in [-0.05, 0) is 35.9 Å². The number of sulfone groups is 1. The average molecular weight is 458 g/mol. The van der Waals surface area contributed by atoms with E-state index in [0.717, 1.165) is 17.2 Å². The Morgan fingerprint density at radius 2 is 1.83 bits per heavy atom. The third-order valence-corrected chi connectivity index (χ3v) is 6.62. The summed E-state index contributed by atoms with van der Waals surface area (Å²) in [5.41, 5.74) is 0.136. The number of halogens is 3. The third-order valence-electron chi connectivity index (χ3n) is 4.35. The van der Waals surface area contributed by atoms with Gasteiger partial charge in [-0.2, -0.15) is 18.3 Å². The molecule has 5 nitrogen and oxygen atoms in total. The number of thiophene rings is 1. The topological polar surface area (TPSA) is 64.0 Å². The molecule has 0 bridgehead atoms. The van der Waals surface area contributed by atoms with Gasteiger partial charge in [-0.15, -0.1) is 11.3 Å². The first kappa shape index (κ1) is 22.5. The van der Waals surface area contributed by atoms with E-state index in [0.29, 0.717) is 29.2 Å². The van der Waals surface area contributed by atoms with Gasteiger partial charge in [0.1, 0.15) is 0 Å². The Morgan fingerprint density at radius 1 is 1.13 bits per heavy atom. The maximum atomic E-state index is 13.2. The van der Waals surface area contributed by atoms with Gasteiger partial charge in [-0.25, -0.2) is 8.42 Å². The highest BCUT2D eigenvalue weighted by Crippen LogP contribution is 2.37. The summed E-state index contributed by atoms with van der Waals surface area (Å²) in [5, 5.41) is 6.94. The summed E-state index contributed by atoms with van der Waals surface area (Å²) in [5.74, 6) is 0. The van der Waals surface area contributed by atoms with Gasteiger partial charge in [0.25, 0.3) is 0 Å². The fourth-order valence-corrected chi connectivity index (χ4v) is 4.58. The van der Waals surface area contributed by atoms with Crippen LogP contribution in [0.1, 0.15) is 19.5 Å². The molecule has 0 unspecified atom stereocenters. The molecule has 30 heavy (non-hydrogen) atoms. The Hall–Kier alpha value is -2.17. The molecule has 1 aromatic carbocycles. The smallest absolute Gasteiger partial charge is 0.313 e. The van der Waals surface area contributed by atoms with Crippen molar-refractivity contribution >= 4 is 21.2 Å². The van der Waals surface area contributed by atoms with Crippen molar-refractivity contribution in [3.05, 3.63) is 48.2 Å². The van der Waals surface area contributed by atoms with Crippen molar-refractivity contribution in [2.45, 2.75) is 37.5 Å². The van der Waals surface area contributed by atoms with Crippen LogP contribution in [0.15, 0.2) is 47.4 Å². The van der Waals surface area contributed by atoms with Crippen molar-refractivity contribution in [3.63, 3.8) is 0 Å². The van der Waals surface area contributed by atoms with Gasteiger partial charge in [0.2, 0.25) is 0 Å². The summed E-state index contributed by atoms with van der Waals surface area (Å²) in [6, 6.07) is 11.3. The lowest BCUT2D eigenvalue weighted by molar-refractivity contribution is -0.141. The van der Waals surface area contributed by atoms with Crippen molar-refractivity contribution < 1.29 is 21.6 Å². The number of hydrogen-bond donors (Lipinski definition) is 1. The van der Waals surface area contributed by atoms with Gasteiger partial charge in [0, 0.05) is 23.7 Å². The normalized spacial score (nSPS) is 12.6. The van der Waals surface area contributed by atoms with E-state index in [9.17, 15) is 21.6 Å². The van der Waals surface area contributed by atoms with Gasteiger partial charge >= 0.3 is 6.18 Å². The zero-order valence-electron chi connectivity index (χ0n) is 16.7. The molecule has 0 saturated heterocycles. The number of nitrogens with one attached hydrogen (secondary N) is 1. The average Bonchev–Trinajstić information content (AvgIpc) is 3.27. The molecule has 2 aromatic heterocycles. The van der Waals surface area contributed by atoms with Crippen LogP contribution < -0.4 is 5.32 Å². The second-order valence-corrected chi connectivity index (χ2v) is 10.3. The van der Waals surface area contributed by atoms with E-state index in [1.807, 2.05) is 13.8 Å². The molecule has 10 heteroatoms. The summed E-state index contributed by atoms with van der Waals surface area (Å²) in [6.07, 6.45) is -3.40. The molecule has 0 aliphatic heterocycles. The third kappa shape index (κ3) is 5.30. The fraction of sp³-hybridized carbons (Fsp3) is 0.350. The predicted molar refractivity (Wildman–Crippen MR) is 112 cm³/mol. The van der Waals surface area contributed by atoms with Crippen molar-refractivity contribution in [1.29, 1.82) is 0 Å². The summed E-state index contributed by atoms with van der Waals surface area (Å²) >= 11 is 1.29.